The number of allylic oxidation sites excluding steroid dienone is 1. The highest BCUT2D eigenvalue weighted by Crippen LogP contribution is 2.52. The molecule has 1 aromatic heterocycles. The van der Waals surface area contributed by atoms with E-state index in [0.29, 0.717) is 47.1 Å². The number of nitrogens with zero attached hydrogens (tertiary/aromatic N) is 2. The van der Waals surface area contributed by atoms with E-state index < -0.39 is 74.0 Å². The fourth-order valence-electron chi connectivity index (χ4n) is 8.99. The largest absolute Gasteiger partial charge is 0.497 e. The van der Waals surface area contributed by atoms with E-state index in [1.165, 1.54) is 17.0 Å². The third-order valence-corrected chi connectivity index (χ3v) is 15.6. The Kier molecular flexibility index (Phi) is 12.0. The van der Waals surface area contributed by atoms with Gasteiger partial charge in [0.05, 0.1) is 24.1 Å². The van der Waals surface area contributed by atoms with Gasteiger partial charge in [0, 0.05) is 23.3 Å². The van der Waals surface area contributed by atoms with Crippen molar-refractivity contribution in [3.05, 3.63) is 66.5 Å². The maximum Gasteiger partial charge on any atom is 0.408 e. The van der Waals surface area contributed by atoms with E-state index in [1.807, 2.05) is 24.3 Å². The highest BCUT2D eigenvalue weighted by atomic mass is 32.2. The number of amides is 4. The summed E-state index contributed by atoms with van der Waals surface area (Å²) in [6.45, 7) is 5.31. The maximum absolute atomic E-state index is 14.7. The summed E-state index contributed by atoms with van der Waals surface area (Å²) in [5, 5.41) is 6.99. The summed E-state index contributed by atoms with van der Waals surface area (Å²) in [5.74, 6) is -0.940. The molecule has 0 spiro atoms. The Bertz CT molecular complexity index is 2360. The molecular formula is C46H56FN5O9S. The van der Waals surface area contributed by atoms with Gasteiger partial charge < -0.3 is 29.7 Å². The van der Waals surface area contributed by atoms with Crippen molar-refractivity contribution in [1.82, 2.24) is 25.2 Å². The number of nitrogens with one attached hydrogen (secondary N) is 3. The van der Waals surface area contributed by atoms with Crippen molar-refractivity contribution < 1.29 is 46.2 Å². The number of rotatable bonds is 17. The number of halogens is 1. The number of carbonyl (C=O) groups excluding carboxylic acids is 4. The van der Waals surface area contributed by atoms with Gasteiger partial charge in [-0.25, -0.2) is 22.6 Å². The van der Waals surface area contributed by atoms with Crippen molar-refractivity contribution in [2.24, 2.45) is 17.8 Å². The Morgan fingerprint density at radius 2 is 1.74 bits per heavy atom. The smallest absolute Gasteiger partial charge is 0.408 e. The summed E-state index contributed by atoms with van der Waals surface area (Å²) < 4.78 is 59.5. The van der Waals surface area contributed by atoms with Crippen molar-refractivity contribution in [2.75, 3.05) is 13.7 Å². The van der Waals surface area contributed by atoms with E-state index >= 15 is 0 Å². The monoisotopic (exact) mass is 873 g/mol. The molecule has 1 saturated heterocycles. The van der Waals surface area contributed by atoms with Gasteiger partial charge in [-0.2, -0.15) is 0 Å². The van der Waals surface area contributed by atoms with Crippen LogP contribution < -0.4 is 24.8 Å². The molecule has 8 atom stereocenters. The molecule has 1 unspecified atom stereocenters. The second-order valence-corrected chi connectivity index (χ2v) is 20.2. The molecule has 332 valence electrons. The highest BCUT2D eigenvalue weighted by molar-refractivity contribution is 7.91. The Morgan fingerprint density at radius 1 is 1.00 bits per heavy atom. The van der Waals surface area contributed by atoms with Crippen LogP contribution in [0, 0.1) is 23.6 Å². The Hall–Kier alpha value is -5.25. The van der Waals surface area contributed by atoms with Crippen molar-refractivity contribution in [1.29, 1.82) is 0 Å². The summed E-state index contributed by atoms with van der Waals surface area (Å²) in [6.07, 6.45) is 8.68. The summed E-state index contributed by atoms with van der Waals surface area (Å²) in [7, 11) is -2.48. The van der Waals surface area contributed by atoms with Gasteiger partial charge in [0.25, 0.3) is 5.91 Å². The van der Waals surface area contributed by atoms with Crippen LogP contribution in [0.3, 0.4) is 0 Å². The quantitative estimate of drug-likeness (QED) is 0.103. The van der Waals surface area contributed by atoms with Crippen molar-refractivity contribution in [2.45, 2.75) is 126 Å². The van der Waals surface area contributed by atoms with E-state index in [0.717, 1.165) is 43.9 Å². The van der Waals surface area contributed by atoms with Crippen molar-refractivity contribution in [3.8, 4) is 22.9 Å². The van der Waals surface area contributed by atoms with Gasteiger partial charge in [0.1, 0.15) is 41.4 Å². The van der Waals surface area contributed by atoms with Crippen LogP contribution in [0.1, 0.15) is 91.4 Å². The van der Waals surface area contributed by atoms with E-state index in [1.54, 1.807) is 45.2 Å². The molecule has 4 saturated carbocycles. The second kappa shape index (κ2) is 17.1. The van der Waals surface area contributed by atoms with Crippen LogP contribution in [-0.4, -0.2) is 90.3 Å². The van der Waals surface area contributed by atoms with Gasteiger partial charge in [0.15, 0.2) is 0 Å². The van der Waals surface area contributed by atoms with E-state index in [4.69, 9.17) is 19.2 Å². The molecule has 14 nitrogen and oxygen atoms in total. The average Bonchev–Trinajstić information content (AvgIpc) is 4.21. The minimum atomic E-state index is -4.03. The van der Waals surface area contributed by atoms with Gasteiger partial charge in [0.2, 0.25) is 27.7 Å². The van der Waals surface area contributed by atoms with Gasteiger partial charge in [-0.15, -0.1) is 0 Å². The second-order valence-electron chi connectivity index (χ2n) is 18.0. The molecular weight excluding hydrogens is 818 g/mol. The molecule has 0 bridgehead atoms. The molecule has 8 rings (SSSR count). The van der Waals surface area contributed by atoms with Crippen LogP contribution in [0.25, 0.3) is 22.0 Å². The number of unbranched alkanes of at least 4 members (excludes halogenated alkanes) is 2. The molecule has 3 N–H and O–H groups in total. The first-order valence-electron chi connectivity index (χ1n) is 21.9. The normalized spacial score (nSPS) is 27.3. The number of pyridine rings is 1. The van der Waals surface area contributed by atoms with Crippen LogP contribution in [-0.2, 0) is 29.1 Å². The SMILES string of the molecule is CCCC/C=C\[C@@H]1C[C@]1(NC(=O)[C@@H]1C[C@@H](Oc2nc(-c3ccc(F)cc3)cc3cc(OC)ccc23)CN1C(=O)[C@H](CC)NC(=O)OC1C[C@@H]2C[C@@H]2C1)C(=O)NS(=O)(=O)C1(C)CC1. The standard InChI is InChI=1S/C46H56FN5O9S/c1-5-7-8-9-10-31-25-46(31,43(55)51-62(57,58)45(3)17-18-45)50-40(53)39-24-35(26-52(39)42(54)37(6-2)49-44(56)61-34-20-28-19-29(28)21-34)60-41-36-16-15-33(59-4)22-30(36)23-38(48-41)27-11-13-32(47)14-12-27/h9-16,22-23,28-29,31,34-35,37,39H,5-8,17-21,24-26H2,1-4H3,(H,49,56)(H,50,53)(H,51,55)/b10-9-/t28-,29+,31-,34?,35-,37+,39+,46-/m1/s1. The van der Waals surface area contributed by atoms with E-state index in [2.05, 4.69) is 22.3 Å². The van der Waals surface area contributed by atoms with Crippen LogP contribution in [0.2, 0.25) is 0 Å². The predicted octanol–water partition coefficient (Wildman–Crippen LogP) is 6.32. The number of ether oxygens (including phenoxy) is 3. The van der Waals surface area contributed by atoms with Crippen LogP contribution in [0.5, 0.6) is 11.6 Å². The zero-order chi connectivity index (χ0) is 44.0. The molecule has 1 aliphatic heterocycles. The number of hydrogen-bond donors (Lipinski definition) is 3. The molecule has 62 heavy (non-hydrogen) atoms. The molecule has 2 aromatic carbocycles. The summed E-state index contributed by atoms with van der Waals surface area (Å²) >= 11 is 0. The zero-order valence-electron chi connectivity index (χ0n) is 35.7. The summed E-state index contributed by atoms with van der Waals surface area (Å²) in [4.78, 5) is 62.6. The first-order valence-corrected chi connectivity index (χ1v) is 23.4. The molecule has 0 radical (unpaired) electrons. The van der Waals surface area contributed by atoms with Crippen molar-refractivity contribution >= 4 is 44.6 Å². The first kappa shape index (κ1) is 43.4. The number of aromatic nitrogens is 1. The number of sulfonamides is 1. The van der Waals surface area contributed by atoms with E-state index in [-0.39, 0.29) is 37.8 Å². The highest BCUT2D eigenvalue weighted by Gasteiger charge is 2.63. The van der Waals surface area contributed by atoms with Gasteiger partial charge in [-0.1, -0.05) is 38.8 Å². The molecule has 4 aliphatic carbocycles. The fraction of sp³-hybridized carbons (Fsp3) is 0.543. The van der Waals surface area contributed by atoms with Crippen LogP contribution in [0.15, 0.2) is 60.7 Å². The van der Waals surface area contributed by atoms with Crippen molar-refractivity contribution in [3.63, 3.8) is 0 Å². The lowest BCUT2D eigenvalue weighted by Gasteiger charge is -2.29. The minimum absolute atomic E-state index is 0.0194. The number of carbonyl (C=O) groups is 4. The first-order chi connectivity index (χ1) is 29.7. The van der Waals surface area contributed by atoms with Gasteiger partial charge >= 0.3 is 6.09 Å². The lowest BCUT2D eigenvalue weighted by Crippen LogP contribution is -2.58. The van der Waals surface area contributed by atoms with E-state index in [9.17, 15) is 32.0 Å². The Labute approximate surface area is 361 Å². The third-order valence-electron chi connectivity index (χ3n) is 13.4. The number of likely N-dealkylation sites (tertiary alicyclic amines) is 1. The number of methoxy groups -OCH3 is 1. The number of hydrogen-bond acceptors (Lipinski definition) is 10. The summed E-state index contributed by atoms with van der Waals surface area (Å²) in [5.41, 5.74) is -0.451. The molecule has 2 heterocycles. The number of alkyl carbamates (subject to hydrolysis) is 1. The maximum atomic E-state index is 14.7. The Balaban J connectivity index is 1.08. The van der Waals surface area contributed by atoms with Gasteiger partial charge in [-0.05, 0) is 124 Å². The average molecular weight is 874 g/mol. The lowest BCUT2D eigenvalue weighted by molar-refractivity contribution is -0.141. The summed E-state index contributed by atoms with van der Waals surface area (Å²) in [6, 6.07) is 10.9. The molecule has 5 fully saturated rings. The van der Waals surface area contributed by atoms with Gasteiger partial charge in [-0.3, -0.25) is 19.1 Å². The lowest BCUT2D eigenvalue weighted by atomic mass is 10.1. The van der Waals surface area contributed by atoms with Crippen LogP contribution in [0.4, 0.5) is 9.18 Å². The fourth-order valence-corrected chi connectivity index (χ4v) is 10.3. The number of benzene rings is 2. The third kappa shape index (κ3) is 8.98. The topological polar surface area (TPSA) is 182 Å². The Morgan fingerprint density at radius 3 is 2.42 bits per heavy atom. The number of fused-ring (bicyclic) bond motifs is 2. The van der Waals surface area contributed by atoms with Crippen LogP contribution >= 0.6 is 0 Å². The zero-order valence-corrected chi connectivity index (χ0v) is 36.5. The molecule has 5 aliphatic rings. The predicted molar refractivity (Wildman–Crippen MR) is 229 cm³/mol. The molecule has 16 heteroatoms. The molecule has 4 amide bonds. The minimum Gasteiger partial charge on any atom is -0.497 e. The molecule has 3 aromatic rings.